The normalized spacial score (nSPS) is 16.8. The summed E-state index contributed by atoms with van der Waals surface area (Å²) in [6.07, 6.45) is 3.67. The average Bonchev–Trinajstić information content (AvgIpc) is 3.05. The molecule has 2 heterocycles. The Balaban J connectivity index is 1.81. The van der Waals surface area contributed by atoms with E-state index in [1.807, 2.05) is 0 Å². The summed E-state index contributed by atoms with van der Waals surface area (Å²) in [7, 11) is -3.51. The van der Waals surface area contributed by atoms with Gasteiger partial charge < -0.3 is 9.73 Å². The molecule has 1 amide bonds. The third-order valence-electron chi connectivity index (χ3n) is 4.91. The quantitative estimate of drug-likeness (QED) is 0.782. The predicted octanol–water partition coefficient (Wildman–Crippen LogP) is 3.38. The van der Waals surface area contributed by atoms with Crippen molar-refractivity contribution in [3.8, 4) is 0 Å². The third kappa shape index (κ3) is 3.94. The summed E-state index contributed by atoms with van der Waals surface area (Å²) in [6.45, 7) is 5.91. The first kappa shape index (κ1) is 18.9. The minimum absolute atomic E-state index is 0.206. The van der Waals surface area contributed by atoms with E-state index >= 15 is 0 Å². The van der Waals surface area contributed by atoms with E-state index in [2.05, 4.69) is 19.2 Å². The molecule has 1 aromatic carbocycles. The van der Waals surface area contributed by atoms with Gasteiger partial charge in [-0.3, -0.25) is 4.79 Å². The Kier molecular flexibility index (Phi) is 5.67. The van der Waals surface area contributed by atoms with Gasteiger partial charge in [0.15, 0.2) is 5.76 Å². The molecule has 0 atom stereocenters. The molecule has 0 unspecified atom stereocenters. The lowest BCUT2D eigenvalue weighted by Gasteiger charge is -2.29. The maximum Gasteiger partial charge on any atom is 0.287 e. The summed E-state index contributed by atoms with van der Waals surface area (Å²) >= 11 is 0. The lowest BCUT2D eigenvalue weighted by molar-refractivity contribution is 0.0927. The Hall–Kier alpha value is -1.86. The number of nitrogens with zero attached hydrogens (tertiary/aromatic N) is 1. The molecular formula is C19H26N2O4S. The van der Waals surface area contributed by atoms with Crippen LogP contribution >= 0.6 is 0 Å². The largest absolute Gasteiger partial charge is 0.451 e. The molecule has 2 aromatic rings. The summed E-state index contributed by atoms with van der Waals surface area (Å²) in [5.74, 6) is 0.494. The fraction of sp³-hybridized carbons (Fsp3) is 0.526. The van der Waals surface area contributed by atoms with E-state index < -0.39 is 10.0 Å². The third-order valence-corrected chi connectivity index (χ3v) is 6.80. The van der Waals surface area contributed by atoms with Crippen LogP contribution in [0.5, 0.6) is 0 Å². The number of furan rings is 1. The van der Waals surface area contributed by atoms with Gasteiger partial charge in [0.25, 0.3) is 5.91 Å². The van der Waals surface area contributed by atoms with Crippen molar-refractivity contribution in [3.05, 3.63) is 30.0 Å². The molecule has 0 saturated carbocycles. The standard InChI is InChI=1S/C19H26N2O4S/c1-3-4-9-20-19(22)18-13-15-12-16(5-6-17(15)25-18)26(23,24)21-10-7-14(2)8-11-21/h5-6,12-14H,3-4,7-11H2,1-2H3,(H,20,22). The number of rotatable bonds is 6. The highest BCUT2D eigenvalue weighted by Crippen LogP contribution is 2.27. The summed E-state index contributed by atoms with van der Waals surface area (Å²) in [4.78, 5) is 12.4. The van der Waals surface area contributed by atoms with Crippen molar-refractivity contribution >= 4 is 26.9 Å². The zero-order chi connectivity index (χ0) is 18.7. The number of nitrogens with one attached hydrogen (secondary N) is 1. The molecular weight excluding hydrogens is 352 g/mol. The molecule has 0 radical (unpaired) electrons. The van der Waals surface area contributed by atoms with Gasteiger partial charge in [-0.1, -0.05) is 20.3 Å². The van der Waals surface area contributed by atoms with Gasteiger partial charge in [0.05, 0.1) is 4.90 Å². The van der Waals surface area contributed by atoms with Crippen LogP contribution < -0.4 is 5.32 Å². The molecule has 1 saturated heterocycles. The lowest BCUT2D eigenvalue weighted by atomic mass is 10.0. The fourth-order valence-corrected chi connectivity index (χ4v) is 4.64. The summed E-state index contributed by atoms with van der Waals surface area (Å²) in [6, 6.07) is 6.37. The molecule has 26 heavy (non-hydrogen) atoms. The number of fused-ring (bicyclic) bond motifs is 1. The zero-order valence-corrected chi connectivity index (χ0v) is 16.1. The lowest BCUT2D eigenvalue weighted by Crippen LogP contribution is -2.37. The Bertz CT molecular complexity index is 880. The number of unbranched alkanes of at least 4 members (excludes halogenated alkanes) is 1. The van der Waals surface area contributed by atoms with Crippen molar-refractivity contribution in [1.82, 2.24) is 9.62 Å². The van der Waals surface area contributed by atoms with Gasteiger partial charge in [0.1, 0.15) is 5.58 Å². The number of benzene rings is 1. The number of amides is 1. The van der Waals surface area contributed by atoms with E-state index in [1.165, 1.54) is 0 Å². The van der Waals surface area contributed by atoms with Crippen LogP contribution in [0.3, 0.4) is 0 Å². The van der Waals surface area contributed by atoms with E-state index in [1.54, 1.807) is 28.6 Å². The number of carbonyl (C=O) groups is 1. The topological polar surface area (TPSA) is 79.6 Å². The molecule has 142 valence electrons. The van der Waals surface area contributed by atoms with Crippen LogP contribution in [0.15, 0.2) is 33.6 Å². The van der Waals surface area contributed by atoms with Gasteiger partial charge >= 0.3 is 0 Å². The molecule has 0 aliphatic carbocycles. The van der Waals surface area contributed by atoms with Crippen molar-refractivity contribution in [2.24, 2.45) is 5.92 Å². The highest BCUT2D eigenvalue weighted by Gasteiger charge is 2.28. The van der Waals surface area contributed by atoms with Crippen molar-refractivity contribution in [3.63, 3.8) is 0 Å². The molecule has 3 rings (SSSR count). The van der Waals surface area contributed by atoms with E-state index in [4.69, 9.17) is 4.42 Å². The Morgan fingerprint density at radius 2 is 2.00 bits per heavy atom. The van der Waals surface area contributed by atoms with Crippen LogP contribution in [0.1, 0.15) is 50.1 Å². The Morgan fingerprint density at radius 1 is 1.27 bits per heavy atom. The van der Waals surface area contributed by atoms with Crippen molar-refractivity contribution < 1.29 is 17.6 Å². The first-order valence-corrected chi connectivity index (χ1v) is 10.7. The van der Waals surface area contributed by atoms with Crippen LogP contribution in [0.2, 0.25) is 0 Å². The second kappa shape index (κ2) is 7.80. The molecule has 1 aliphatic rings. The first-order valence-electron chi connectivity index (χ1n) is 9.23. The van der Waals surface area contributed by atoms with Gasteiger partial charge in [0, 0.05) is 25.0 Å². The maximum absolute atomic E-state index is 12.9. The average molecular weight is 378 g/mol. The number of hydrogen-bond donors (Lipinski definition) is 1. The molecule has 1 aromatic heterocycles. The zero-order valence-electron chi connectivity index (χ0n) is 15.3. The molecule has 1 N–H and O–H groups in total. The minimum atomic E-state index is -3.51. The maximum atomic E-state index is 12.9. The van der Waals surface area contributed by atoms with Crippen LogP contribution in [-0.2, 0) is 10.0 Å². The van der Waals surface area contributed by atoms with E-state index in [-0.39, 0.29) is 16.6 Å². The van der Waals surface area contributed by atoms with Gasteiger partial charge in [0.2, 0.25) is 10.0 Å². The SMILES string of the molecule is CCCCNC(=O)c1cc2cc(S(=O)(=O)N3CCC(C)CC3)ccc2o1. The molecule has 1 aliphatic heterocycles. The number of piperidine rings is 1. The van der Waals surface area contributed by atoms with Crippen molar-refractivity contribution in [2.75, 3.05) is 19.6 Å². The smallest absolute Gasteiger partial charge is 0.287 e. The van der Waals surface area contributed by atoms with E-state index in [0.717, 1.165) is 25.7 Å². The summed E-state index contributed by atoms with van der Waals surface area (Å²) in [5, 5.41) is 3.42. The first-order chi connectivity index (χ1) is 12.4. The Morgan fingerprint density at radius 3 is 2.69 bits per heavy atom. The van der Waals surface area contributed by atoms with Crippen LogP contribution in [0, 0.1) is 5.92 Å². The van der Waals surface area contributed by atoms with Crippen LogP contribution in [0.4, 0.5) is 0 Å². The fourth-order valence-electron chi connectivity index (χ4n) is 3.13. The minimum Gasteiger partial charge on any atom is -0.451 e. The van der Waals surface area contributed by atoms with E-state index in [9.17, 15) is 13.2 Å². The second-order valence-electron chi connectivity index (χ2n) is 7.01. The number of sulfonamides is 1. The highest BCUT2D eigenvalue weighted by molar-refractivity contribution is 7.89. The van der Waals surface area contributed by atoms with Crippen LogP contribution in [-0.4, -0.2) is 38.3 Å². The van der Waals surface area contributed by atoms with Crippen molar-refractivity contribution in [1.29, 1.82) is 0 Å². The number of carbonyl (C=O) groups excluding carboxylic acids is 1. The summed E-state index contributed by atoms with van der Waals surface area (Å²) in [5.41, 5.74) is 0.511. The number of hydrogen-bond acceptors (Lipinski definition) is 4. The molecule has 6 nitrogen and oxygen atoms in total. The van der Waals surface area contributed by atoms with Crippen molar-refractivity contribution in [2.45, 2.75) is 44.4 Å². The molecule has 0 spiro atoms. The van der Waals surface area contributed by atoms with Gasteiger partial charge in [-0.2, -0.15) is 4.31 Å². The van der Waals surface area contributed by atoms with E-state index in [0.29, 0.717) is 36.5 Å². The Labute approximate surface area is 154 Å². The molecule has 1 fully saturated rings. The highest BCUT2D eigenvalue weighted by atomic mass is 32.2. The second-order valence-corrected chi connectivity index (χ2v) is 8.94. The predicted molar refractivity (Wildman–Crippen MR) is 101 cm³/mol. The van der Waals surface area contributed by atoms with Gasteiger partial charge in [-0.25, -0.2) is 8.42 Å². The summed E-state index contributed by atoms with van der Waals surface area (Å²) < 4.78 is 32.9. The molecule has 7 heteroatoms. The van der Waals surface area contributed by atoms with Gasteiger partial charge in [-0.15, -0.1) is 0 Å². The monoisotopic (exact) mass is 378 g/mol. The van der Waals surface area contributed by atoms with Gasteiger partial charge in [-0.05, 0) is 49.4 Å². The van der Waals surface area contributed by atoms with Crippen LogP contribution in [0.25, 0.3) is 11.0 Å². The molecule has 0 bridgehead atoms.